The fraction of sp³-hybridized carbons (Fsp3) is 0.448. The Hall–Kier alpha value is -3.02. The molecule has 42 heavy (non-hydrogen) atoms. The van der Waals surface area contributed by atoms with Crippen molar-refractivity contribution in [3.8, 4) is 17.6 Å². The minimum Gasteiger partial charge on any atom is -0.495 e. The third-order valence-corrected chi connectivity index (χ3v) is 9.30. The van der Waals surface area contributed by atoms with Crippen LogP contribution in [0.4, 0.5) is 24.5 Å². The second-order valence-electron chi connectivity index (χ2n) is 10.1. The number of rotatable bonds is 11. The van der Waals surface area contributed by atoms with Crippen LogP contribution >= 0.6 is 11.3 Å². The first kappa shape index (κ1) is 31.9. The van der Waals surface area contributed by atoms with Crippen LogP contribution in [0.3, 0.4) is 0 Å². The predicted molar refractivity (Wildman–Crippen MR) is 159 cm³/mol. The largest absolute Gasteiger partial charge is 0.495 e. The number of aliphatic hydroxyl groups is 2. The number of aliphatic hydroxyl groups excluding tert-OH is 2. The summed E-state index contributed by atoms with van der Waals surface area (Å²) >= 11 is 1.27. The summed E-state index contributed by atoms with van der Waals surface area (Å²) in [5.41, 5.74) is 1.61. The minimum absolute atomic E-state index is 0.108. The summed E-state index contributed by atoms with van der Waals surface area (Å²) in [5, 5.41) is 25.7. The van der Waals surface area contributed by atoms with Crippen molar-refractivity contribution < 1.29 is 36.5 Å². The van der Waals surface area contributed by atoms with Crippen LogP contribution in [0.2, 0.25) is 0 Å². The van der Waals surface area contributed by atoms with Gasteiger partial charge < -0.3 is 25.6 Å². The number of fused-ring (bicyclic) bond motifs is 1. The Labute approximate surface area is 247 Å². The molecule has 0 amide bonds. The fourth-order valence-corrected chi connectivity index (χ4v) is 6.72. The molecule has 4 N–H and O–H groups in total. The highest BCUT2D eigenvalue weighted by atomic mass is 32.2. The number of alkyl halides is 3. The molecule has 8 nitrogen and oxygen atoms in total. The van der Waals surface area contributed by atoms with Crippen LogP contribution in [0.25, 0.3) is 10.1 Å². The maximum Gasteiger partial charge on any atom is 0.242 e. The Morgan fingerprint density at radius 3 is 2.69 bits per heavy atom. The Morgan fingerprint density at radius 1 is 1.24 bits per heavy atom. The molecule has 13 heteroatoms. The number of β-amino-alcohol motifs (C(OH)–C–C–N with tert-alkyl or cyclic N) is 1. The highest BCUT2D eigenvalue weighted by molar-refractivity contribution is 7.90. The van der Waals surface area contributed by atoms with Gasteiger partial charge in [0.2, 0.25) is 6.43 Å². The zero-order chi connectivity index (χ0) is 30.4. The van der Waals surface area contributed by atoms with Crippen LogP contribution in [-0.4, -0.2) is 94.4 Å². The van der Waals surface area contributed by atoms with E-state index in [9.17, 15) is 22.3 Å². The van der Waals surface area contributed by atoms with Gasteiger partial charge in [-0.15, -0.1) is 11.3 Å². The Balaban J connectivity index is 1.53. The van der Waals surface area contributed by atoms with Gasteiger partial charge in [-0.1, -0.05) is 24.0 Å². The van der Waals surface area contributed by atoms with Gasteiger partial charge in [-0.2, -0.15) is 0 Å². The van der Waals surface area contributed by atoms with Crippen molar-refractivity contribution in [2.24, 2.45) is 0 Å². The summed E-state index contributed by atoms with van der Waals surface area (Å²) in [5.74, 6) is 6.30. The number of nitrogens with zero attached hydrogens (tertiary/aromatic N) is 1. The first-order valence-electron chi connectivity index (χ1n) is 13.4. The zero-order valence-electron chi connectivity index (χ0n) is 23.2. The monoisotopic (exact) mass is 625 g/mol. The van der Waals surface area contributed by atoms with E-state index in [1.807, 2.05) is 0 Å². The topological polar surface area (TPSA) is 111 Å². The Kier molecular flexibility index (Phi) is 10.6. The van der Waals surface area contributed by atoms with Crippen molar-refractivity contribution >= 4 is 42.6 Å². The number of piperidine rings is 1. The molecule has 3 atom stereocenters. The molecule has 0 bridgehead atoms. The van der Waals surface area contributed by atoms with Crippen LogP contribution in [0.15, 0.2) is 41.3 Å². The lowest BCUT2D eigenvalue weighted by Gasteiger charge is -2.36. The molecule has 0 radical (unpaired) electrons. The highest BCUT2D eigenvalue weighted by Gasteiger charge is 2.30. The number of likely N-dealkylation sites (tertiary alicyclic amines) is 1. The van der Waals surface area contributed by atoms with Crippen molar-refractivity contribution in [1.29, 1.82) is 0 Å². The Morgan fingerprint density at radius 2 is 2.02 bits per heavy atom. The van der Waals surface area contributed by atoms with E-state index in [1.165, 1.54) is 30.6 Å². The summed E-state index contributed by atoms with van der Waals surface area (Å²) in [7, 11) is -1.98. The number of benzene rings is 2. The highest BCUT2D eigenvalue weighted by Crippen LogP contribution is 2.38. The lowest BCUT2D eigenvalue weighted by atomic mass is 10.0. The lowest BCUT2D eigenvalue weighted by Crippen LogP contribution is -2.50. The predicted octanol–water partition coefficient (Wildman–Crippen LogP) is 3.76. The molecule has 3 unspecified atom stereocenters. The van der Waals surface area contributed by atoms with Crippen molar-refractivity contribution in [1.82, 2.24) is 4.90 Å². The lowest BCUT2D eigenvalue weighted by molar-refractivity contribution is 0.0365. The van der Waals surface area contributed by atoms with Crippen molar-refractivity contribution in [2.75, 3.05) is 56.8 Å². The minimum atomic E-state index is -3.41. The van der Waals surface area contributed by atoms with Gasteiger partial charge in [-0.05, 0) is 35.6 Å². The van der Waals surface area contributed by atoms with Gasteiger partial charge in [0.05, 0.1) is 58.3 Å². The number of nitrogens with one attached hydrogen (secondary N) is 2. The standard InChI is InChI=1S/C29H34F3N3O5S2/c1-40-26-13-19(42(2,38)39)8-9-24(26)33-11-4-7-27-21(14-28(31)32)20-5-3-6-25(29(20)41-27)34-23-10-12-35(16-22(23)30)15-18(37)17-36/h3,5-6,8-9,13,18,22-23,28,33-34,36-37H,10-12,14-17H2,1-2H3. The second-order valence-corrected chi connectivity index (χ2v) is 13.2. The molecule has 0 aliphatic carbocycles. The van der Waals surface area contributed by atoms with Crippen molar-refractivity contribution in [3.05, 3.63) is 46.8 Å². The summed E-state index contributed by atoms with van der Waals surface area (Å²) < 4.78 is 71.9. The van der Waals surface area contributed by atoms with Crippen LogP contribution in [0, 0.1) is 11.8 Å². The summed E-state index contributed by atoms with van der Waals surface area (Å²) in [6, 6.07) is 9.26. The van der Waals surface area contributed by atoms with E-state index in [2.05, 4.69) is 22.5 Å². The number of thiophene rings is 1. The molecule has 1 fully saturated rings. The van der Waals surface area contributed by atoms with E-state index >= 15 is 4.39 Å². The van der Waals surface area contributed by atoms with Crippen molar-refractivity contribution in [2.45, 2.75) is 42.5 Å². The number of ether oxygens (including phenoxy) is 1. The normalized spacial score (nSPS) is 18.5. The molecule has 1 aliphatic heterocycles. The zero-order valence-corrected chi connectivity index (χ0v) is 24.9. The molecule has 228 valence electrons. The first-order valence-corrected chi connectivity index (χ1v) is 16.1. The molecule has 0 saturated carbocycles. The summed E-state index contributed by atoms with van der Waals surface area (Å²) in [4.78, 5) is 2.38. The molecule has 2 aromatic carbocycles. The van der Waals surface area contributed by atoms with Crippen LogP contribution in [-0.2, 0) is 16.3 Å². The number of sulfone groups is 1. The van der Waals surface area contributed by atoms with Gasteiger partial charge in [0, 0.05) is 38.4 Å². The third kappa shape index (κ3) is 7.87. The quantitative estimate of drug-likeness (QED) is 0.239. The summed E-state index contributed by atoms with van der Waals surface area (Å²) in [6.07, 6.45) is -3.63. The van der Waals surface area contributed by atoms with E-state index in [4.69, 9.17) is 9.84 Å². The molecule has 0 spiro atoms. The van der Waals surface area contributed by atoms with Crippen LogP contribution < -0.4 is 15.4 Å². The third-order valence-electron chi connectivity index (χ3n) is 6.99. The van der Waals surface area contributed by atoms with E-state index in [1.54, 1.807) is 29.2 Å². The van der Waals surface area contributed by atoms with Gasteiger partial charge >= 0.3 is 0 Å². The average molecular weight is 626 g/mol. The number of methoxy groups -OCH3 is 1. The van der Waals surface area contributed by atoms with Gasteiger partial charge in [0.25, 0.3) is 0 Å². The molecule has 3 aromatic rings. The van der Waals surface area contributed by atoms with E-state index in [-0.39, 0.29) is 31.1 Å². The number of hydrogen-bond donors (Lipinski definition) is 4. The maximum atomic E-state index is 15.1. The van der Waals surface area contributed by atoms with Gasteiger partial charge in [0.15, 0.2) is 9.84 Å². The van der Waals surface area contributed by atoms with Crippen molar-refractivity contribution in [3.63, 3.8) is 0 Å². The van der Waals surface area contributed by atoms with E-state index in [0.717, 1.165) is 6.26 Å². The van der Waals surface area contributed by atoms with E-state index in [0.29, 0.717) is 50.6 Å². The number of anilines is 2. The Bertz CT molecular complexity index is 1560. The average Bonchev–Trinajstić information content (AvgIpc) is 3.29. The van der Waals surface area contributed by atoms with Gasteiger partial charge in [0.1, 0.15) is 11.9 Å². The number of halogens is 3. The molecule has 1 aliphatic rings. The van der Waals surface area contributed by atoms with E-state index < -0.39 is 41.0 Å². The first-order chi connectivity index (χ1) is 20.0. The number of hydrogen-bond acceptors (Lipinski definition) is 9. The van der Waals surface area contributed by atoms with Crippen LogP contribution in [0.5, 0.6) is 5.75 Å². The molecule has 1 aromatic heterocycles. The fourth-order valence-electron chi connectivity index (χ4n) is 4.91. The molecule has 4 rings (SSSR count). The van der Waals surface area contributed by atoms with Gasteiger partial charge in [-0.3, -0.25) is 4.90 Å². The summed E-state index contributed by atoms with van der Waals surface area (Å²) in [6.45, 7) is 0.602. The SMILES string of the molecule is COc1cc(S(C)(=O)=O)ccc1NCC#Cc1sc2c(NC3CCN(CC(O)CO)CC3F)cccc2c1CC(F)F. The smallest absolute Gasteiger partial charge is 0.242 e. The second kappa shape index (κ2) is 14.0. The molecule has 2 heterocycles. The molecule has 1 saturated heterocycles. The maximum absolute atomic E-state index is 15.1. The van der Waals surface area contributed by atoms with Crippen LogP contribution in [0.1, 0.15) is 16.9 Å². The molecular formula is C29H34F3N3O5S2. The molecular weight excluding hydrogens is 591 g/mol. The van der Waals surface area contributed by atoms with Gasteiger partial charge in [-0.25, -0.2) is 21.6 Å².